The molecule has 0 aliphatic rings. The minimum atomic E-state index is -1.67. The van der Waals surface area contributed by atoms with Gasteiger partial charge in [0, 0.05) is 12.8 Å². The third-order valence-electron chi connectivity index (χ3n) is 8.50. The Kier molecular flexibility index (Phi) is 20.0. The highest BCUT2D eigenvalue weighted by Crippen LogP contribution is 2.37. The molecule has 0 aromatic heterocycles. The van der Waals surface area contributed by atoms with Crippen molar-refractivity contribution in [2.24, 2.45) is 0 Å². The van der Waals surface area contributed by atoms with E-state index < -0.39 is 36.1 Å². The number of hydrogen-bond acceptors (Lipinski definition) is 4. The Bertz CT molecular complexity index is 621. The molecule has 226 valence electrons. The average molecular weight is 545 g/mol. The van der Waals surface area contributed by atoms with Crippen LogP contribution >= 0.6 is 0 Å². The summed E-state index contributed by atoms with van der Waals surface area (Å²) >= 11 is 0. The summed E-state index contributed by atoms with van der Waals surface area (Å²) in [7, 11) is 3.50. The highest BCUT2D eigenvalue weighted by atomic mass is 16.4. The second-order valence-electron chi connectivity index (χ2n) is 12.3. The number of hydrogen-bond donors (Lipinski definition) is 4. The summed E-state index contributed by atoms with van der Waals surface area (Å²) in [6.45, 7) is 5.45. The molecule has 0 saturated heterocycles. The SMILES string of the molecule is CCCCCCCCCCCCCCCCCCC(CC(C)O)[N+](C)(C)C(CC(=O)O)(CC(C)O)C(=O)O. The van der Waals surface area contributed by atoms with Gasteiger partial charge in [0.15, 0.2) is 0 Å². The maximum Gasteiger partial charge on any atom is 0.366 e. The summed E-state index contributed by atoms with van der Waals surface area (Å²) in [5.74, 6) is -2.41. The first kappa shape index (κ1) is 36.8. The highest BCUT2D eigenvalue weighted by molar-refractivity contribution is 5.84. The van der Waals surface area contributed by atoms with E-state index in [-0.39, 0.29) is 16.9 Å². The molecule has 4 unspecified atom stereocenters. The number of likely N-dealkylation sites (N-methyl/N-ethyl adjacent to an activating group) is 1. The predicted molar refractivity (Wildman–Crippen MR) is 155 cm³/mol. The van der Waals surface area contributed by atoms with E-state index in [0.717, 1.165) is 19.3 Å². The van der Waals surface area contributed by atoms with Gasteiger partial charge >= 0.3 is 11.9 Å². The van der Waals surface area contributed by atoms with Crippen molar-refractivity contribution in [1.82, 2.24) is 0 Å². The van der Waals surface area contributed by atoms with Gasteiger partial charge in [-0.3, -0.25) is 4.79 Å². The summed E-state index contributed by atoms with van der Waals surface area (Å²) in [5.41, 5.74) is -1.67. The van der Waals surface area contributed by atoms with Crippen LogP contribution in [0.4, 0.5) is 0 Å². The van der Waals surface area contributed by atoms with Crippen LogP contribution in [-0.4, -0.2) is 74.7 Å². The highest BCUT2D eigenvalue weighted by Gasteiger charge is 2.57. The number of quaternary nitrogens is 1. The van der Waals surface area contributed by atoms with Crippen LogP contribution in [0.1, 0.15) is 149 Å². The minimum absolute atomic E-state index is 0.0802. The van der Waals surface area contributed by atoms with Crippen LogP contribution in [0, 0.1) is 0 Å². The molecule has 7 nitrogen and oxygen atoms in total. The summed E-state index contributed by atoms with van der Waals surface area (Å²) in [6.07, 6.45) is 19.3. The standard InChI is InChI=1S/C31H61NO6/c1-6-7-8-9-10-11-12-13-14-15-16-17-18-19-20-21-22-28(23-26(2)33)32(4,5)31(30(37)38,24-27(3)34)25-29(35)36/h26-28,33-34H,6-25H2,1-5H3,(H-,35,36,37,38)/p+1. The van der Waals surface area contributed by atoms with Crippen LogP contribution in [0.15, 0.2) is 0 Å². The van der Waals surface area contributed by atoms with Crippen molar-refractivity contribution in [1.29, 1.82) is 0 Å². The fraction of sp³-hybridized carbons (Fsp3) is 0.935. The Labute approximate surface area is 233 Å². The maximum atomic E-state index is 12.5. The average Bonchev–Trinajstić information content (AvgIpc) is 2.81. The van der Waals surface area contributed by atoms with Crippen LogP contribution in [0.5, 0.6) is 0 Å². The van der Waals surface area contributed by atoms with Crippen molar-refractivity contribution in [3.63, 3.8) is 0 Å². The third kappa shape index (κ3) is 14.8. The molecule has 0 aliphatic carbocycles. The summed E-state index contributed by atoms with van der Waals surface area (Å²) < 4.78 is -0.0802. The third-order valence-corrected chi connectivity index (χ3v) is 8.50. The Hall–Kier alpha value is -1.18. The molecule has 0 fully saturated rings. The lowest BCUT2D eigenvalue weighted by Gasteiger charge is -2.50. The first-order valence-corrected chi connectivity index (χ1v) is 15.6. The second-order valence-corrected chi connectivity index (χ2v) is 12.3. The van der Waals surface area contributed by atoms with Crippen LogP contribution in [0.3, 0.4) is 0 Å². The van der Waals surface area contributed by atoms with E-state index in [9.17, 15) is 30.0 Å². The van der Waals surface area contributed by atoms with E-state index in [1.807, 2.05) is 0 Å². The van der Waals surface area contributed by atoms with Gasteiger partial charge in [-0.25, -0.2) is 4.79 Å². The Morgan fingerprint density at radius 2 is 1.08 bits per heavy atom. The van der Waals surface area contributed by atoms with Gasteiger partial charge in [0.2, 0.25) is 5.54 Å². The molecule has 4 N–H and O–H groups in total. The Balaban J connectivity index is 4.55. The van der Waals surface area contributed by atoms with E-state index in [0.29, 0.717) is 12.8 Å². The second kappa shape index (κ2) is 20.7. The summed E-state index contributed by atoms with van der Waals surface area (Å²) in [6, 6.07) is -0.226. The van der Waals surface area contributed by atoms with Gasteiger partial charge in [-0.2, -0.15) is 0 Å². The van der Waals surface area contributed by atoms with E-state index in [4.69, 9.17) is 0 Å². The molecule has 0 rings (SSSR count). The van der Waals surface area contributed by atoms with Crippen molar-refractivity contribution in [3.8, 4) is 0 Å². The lowest BCUT2D eigenvalue weighted by Crippen LogP contribution is -2.70. The van der Waals surface area contributed by atoms with Gasteiger partial charge in [-0.05, 0) is 26.7 Å². The molecule has 0 saturated carbocycles. The molecule has 0 amide bonds. The van der Waals surface area contributed by atoms with Crippen molar-refractivity contribution in [3.05, 3.63) is 0 Å². The van der Waals surface area contributed by atoms with Crippen molar-refractivity contribution < 1.29 is 34.5 Å². The van der Waals surface area contributed by atoms with E-state index in [1.165, 1.54) is 90.4 Å². The van der Waals surface area contributed by atoms with Gasteiger partial charge in [0.25, 0.3) is 0 Å². The number of carboxylic acid groups (broad SMARTS) is 2. The number of nitrogens with zero attached hydrogens (tertiary/aromatic N) is 1. The number of carbonyl (C=O) groups is 2. The van der Waals surface area contributed by atoms with E-state index in [2.05, 4.69) is 6.92 Å². The number of aliphatic hydroxyl groups is 2. The molecule has 7 heteroatoms. The number of aliphatic carboxylic acids is 2. The zero-order chi connectivity index (χ0) is 29.0. The van der Waals surface area contributed by atoms with E-state index in [1.54, 1.807) is 21.0 Å². The fourth-order valence-corrected chi connectivity index (χ4v) is 6.03. The first-order valence-electron chi connectivity index (χ1n) is 15.6. The molecule has 0 aromatic rings. The van der Waals surface area contributed by atoms with Gasteiger partial charge in [0.1, 0.15) is 6.42 Å². The minimum Gasteiger partial charge on any atom is -0.481 e. The molecule has 0 aromatic carbocycles. The topological polar surface area (TPSA) is 115 Å². The zero-order valence-electron chi connectivity index (χ0n) is 25.4. The van der Waals surface area contributed by atoms with Gasteiger partial charge in [0.05, 0.1) is 32.3 Å². The maximum absolute atomic E-state index is 12.5. The monoisotopic (exact) mass is 544 g/mol. The molecule has 4 atom stereocenters. The van der Waals surface area contributed by atoms with Crippen molar-refractivity contribution in [2.75, 3.05) is 14.1 Å². The number of rotatable bonds is 26. The van der Waals surface area contributed by atoms with E-state index >= 15 is 0 Å². The lowest BCUT2D eigenvalue weighted by molar-refractivity contribution is -0.956. The number of unbranched alkanes of at least 4 members (excludes halogenated alkanes) is 15. The largest absolute Gasteiger partial charge is 0.481 e. The lowest BCUT2D eigenvalue weighted by atomic mass is 9.81. The zero-order valence-corrected chi connectivity index (χ0v) is 25.4. The summed E-state index contributed by atoms with van der Waals surface area (Å²) in [4.78, 5) is 24.2. The van der Waals surface area contributed by atoms with Gasteiger partial charge in [-0.1, -0.05) is 103 Å². The predicted octanol–water partition coefficient (Wildman–Crippen LogP) is 6.92. The number of carboxylic acids is 2. The first-order chi connectivity index (χ1) is 17.9. The van der Waals surface area contributed by atoms with Crippen molar-refractivity contribution >= 4 is 11.9 Å². The van der Waals surface area contributed by atoms with Gasteiger partial charge < -0.3 is 24.9 Å². The van der Waals surface area contributed by atoms with Crippen molar-refractivity contribution in [2.45, 2.75) is 173 Å². The molecule has 0 heterocycles. The summed E-state index contributed by atoms with van der Waals surface area (Å²) in [5, 5.41) is 40.0. The molecule has 0 aliphatic heterocycles. The molecule has 0 bridgehead atoms. The molecular formula is C31H62NO6+. The molecular weight excluding hydrogens is 482 g/mol. The Morgan fingerprint density at radius 3 is 1.39 bits per heavy atom. The smallest absolute Gasteiger partial charge is 0.366 e. The van der Waals surface area contributed by atoms with Crippen LogP contribution < -0.4 is 0 Å². The normalized spacial score (nSPS) is 16.1. The number of aliphatic hydroxyl groups excluding tert-OH is 2. The molecule has 38 heavy (non-hydrogen) atoms. The fourth-order valence-electron chi connectivity index (χ4n) is 6.03. The van der Waals surface area contributed by atoms with Gasteiger partial charge in [-0.15, -0.1) is 0 Å². The quantitative estimate of drug-likeness (QED) is 0.0694. The van der Waals surface area contributed by atoms with Crippen LogP contribution in [-0.2, 0) is 9.59 Å². The molecule has 0 radical (unpaired) electrons. The van der Waals surface area contributed by atoms with Crippen LogP contribution in [0.2, 0.25) is 0 Å². The Morgan fingerprint density at radius 1 is 0.684 bits per heavy atom. The molecule has 0 spiro atoms. The van der Waals surface area contributed by atoms with Crippen LogP contribution in [0.25, 0.3) is 0 Å².